The molecule has 1 aromatic carbocycles. The molecule has 0 bridgehead atoms. The first kappa shape index (κ1) is 17.4. The van der Waals surface area contributed by atoms with Crippen molar-refractivity contribution in [2.75, 3.05) is 19.0 Å². The van der Waals surface area contributed by atoms with Gasteiger partial charge in [0.2, 0.25) is 5.91 Å². The van der Waals surface area contributed by atoms with Crippen molar-refractivity contribution >= 4 is 23.6 Å². The van der Waals surface area contributed by atoms with Crippen molar-refractivity contribution in [3.63, 3.8) is 0 Å². The van der Waals surface area contributed by atoms with Crippen LogP contribution in [0, 0.1) is 0 Å². The Labute approximate surface area is 150 Å². The molecule has 0 spiro atoms. The lowest BCUT2D eigenvalue weighted by molar-refractivity contribution is -0.154. The maximum atomic E-state index is 12.4. The van der Waals surface area contributed by atoms with Gasteiger partial charge in [-0.2, -0.15) is 0 Å². The third-order valence-electron chi connectivity index (χ3n) is 3.76. The maximum Gasteiger partial charge on any atom is 0.329 e. The summed E-state index contributed by atoms with van der Waals surface area (Å²) in [4.78, 5) is 25.9. The van der Waals surface area contributed by atoms with Crippen molar-refractivity contribution in [3.8, 4) is 5.75 Å². The second kappa shape index (κ2) is 8.11. The molecule has 1 fully saturated rings. The number of amides is 1. The van der Waals surface area contributed by atoms with E-state index in [1.54, 1.807) is 18.4 Å². The highest BCUT2D eigenvalue weighted by Gasteiger charge is 2.43. The number of hydrogen-bond acceptors (Lipinski definition) is 6. The van der Waals surface area contributed by atoms with E-state index in [1.165, 1.54) is 23.6 Å². The average Bonchev–Trinajstić information content (AvgIpc) is 3.28. The Morgan fingerprint density at radius 1 is 1.20 bits per heavy atom. The summed E-state index contributed by atoms with van der Waals surface area (Å²) in [6.07, 6.45) is 1.56. The van der Waals surface area contributed by atoms with Gasteiger partial charge in [0.25, 0.3) is 0 Å². The standard InChI is InChI=1S/C18H19NO5S/c1-13(20)19-15(12-25-17(19)16-8-5-9-23-16)18(21)24-11-10-22-14-6-3-2-4-7-14/h2-9,15,17H,10-12H2,1H3/t15-,17+/m0/s1. The van der Waals surface area contributed by atoms with Crippen molar-refractivity contribution < 1.29 is 23.5 Å². The molecule has 0 aliphatic carbocycles. The Balaban J connectivity index is 1.53. The summed E-state index contributed by atoms with van der Waals surface area (Å²) in [5, 5.41) is -0.300. The fourth-order valence-corrected chi connectivity index (χ4v) is 4.05. The maximum absolute atomic E-state index is 12.4. The van der Waals surface area contributed by atoms with Gasteiger partial charge in [-0.25, -0.2) is 4.79 Å². The minimum absolute atomic E-state index is 0.131. The summed E-state index contributed by atoms with van der Waals surface area (Å²) in [5.41, 5.74) is 0. The van der Waals surface area contributed by atoms with Gasteiger partial charge < -0.3 is 18.8 Å². The molecule has 1 amide bonds. The summed E-state index contributed by atoms with van der Waals surface area (Å²) in [6.45, 7) is 1.84. The van der Waals surface area contributed by atoms with E-state index in [2.05, 4.69) is 0 Å². The van der Waals surface area contributed by atoms with Gasteiger partial charge in [-0.15, -0.1) is 11.8 Å². The monoisotopic (exact) mass is 361 g/mol. The van der Waals surface area contributed by atoms with E-state index in [9.17, 15) is 9.59 Å². The van der Waals surface area contributed by atoms with Crippen LogP contribution in [-0.2, 0) is 14.3 Å². The van der Waals surface area contributed by atoms with Crippen LogP contribution >= 0.6 is 11.8 Å². The van der Waals surface area contributed by atoms with Crippen molar-refractivity contribution in [3.05, 3.63) is 54.5 Å². The van der Waals surface area contributed by atoms with Gasteiger partial charge in [0.05, 0.1) is 6.26 Å². The molecular weight excluding hydrogens is 342 g/mol. The van der Waals surface area contributed by atoms with Crippen molar-refractivity contribution in [1.29, 1.82) is 0 Å². The van der Waals surface area contributed by atoms with Crippen LogP contribution in [0.15, 0.2) is 53.1 Å². The lowest BCUT2D eigenvalue weighted by atomic mass is 10.2. The molecule has 6 nitrogen and oxygen atoms in total. The Bertz CT molecular complexity index is 704. The lowest BCUT2D eigenvalue weighted by Gasteiger charge is -2.25. The van der Waals surface area contributed by atoms with Crippen molar-refractivity contribution in [2.45, 2.75) is 18.3 Å². The van der Waals surface area contributed by atoms with Crippen LogP contribution < -0.4 is 4.74 Å². The predicted octanol–water partition coefficient (Wildman–Crippen LogP) is 2.86. The summed E-state index contributed by atoms with van der Waals surface area (Å²) < 4.78 is 16.2. The molecule has 7 heteroatoms. The van der Waals surface area contributed by atoms with E-state index in [-0.39, 0.29) is 24.5 Å². The zero-order chi connectivity index (χ0) is 17.6. The van der Waals surface area contributed by atoms with Gasteiger partial charge in [-0.3, -0.25) is 4.79 Å². The topological polar surface area (TPSA) is 69.0 Å². The first-order valence-electron chi connectivity index (χ1n) is 7.95. The summed E-state index contributed by atoms with van der Waals surface area (Å²) in [5.74, 6) is 1.24. The molecular formula is C18H19NO5S. The molecule has 1 aliphatic rings. The number of para-hydroxylation sites is 1. The number of esters is 1. The van der Waals surface area contributed by atoms with Gasteiger partial charge in [-0.1, -0.05) is 18.2 Å². The summed E-state index contributed by atoms with van der Waals surface area (Å²) in [7, 11) is 0. The molecule has 0 N–H and O–H groups in total. The minimum atomic E-state index is -0.616. The molecule has 132 valence electrons. The zero-order valence-electron chi connectivity index (χ0n) is 13.8. The van der Waals surface area contributed by atoms with Crippen molar-refractivity contribution in [2.24, 2.45) is 0 Å². The van der Waals surface area contributed by atoms with E-state index in [4.69, 9.17) is 13.9 Å². The average molecular weight is 361 g/mol. The number of hydrogen-bond donors (Lipinski definition) is 0. The number of thioether (sulfide) groups is 1. The second-order valence-electron chi connectivity index (χ2n) is 5.47. The van der Waals surface area contributed by atoms with Gasteiger partial charge >= 0.3 is 5.97 Å². The van der Waals surface area contributed by atoms with Gasteiger partial charge in [-0.05, 0) is 24.3 Å². The molecule has 2 atom stereocenters. The number of furan rings is 1. The van der Waals surface area contributed by atoms with Crippen LogP contribution in [-0.4, -0.2) is 41.8 Å². The molecule has 0 unspecified atom stereocenters. The van der Waals surface area contributed by atoms with E-state index < -0.39 is 12.0 Å². The summed E-state index contributed by atoms with van der Waals surface area (Å²) in [6, 6.07) is 12.3. The smallest absolute Gasteiger partial charge is 0.329 e. The number of benzene rings is 1. The third kappa shape index (κ3) is 4.17. The fourth-order valence-electron chi connectivity index (χ4n) is 2.64. The number of carbonyl (C=O) groups is 2. The number of rotatable bonds is 6. The van der Waals surface area contributed by atoms with Gasteiger partial charge in [0, 0.05) is 12.7 Å². The molecule has 25 heavy (non-hydrogen) atoms. The number of nitrogens with zero attached hydrogens (tertiary/aromatic N) is 1. The quantitative estimate of drug-likeness (QED) is 0.582. The summed E-state index contributed by atoms with van der Waals surface area (Å²) >= 11 is 1.49. The normalized spacial score (nSPS) is 19.6. The Kier molecular flexibility index (Phi) is 5.65. The molecule has 0 radical (unpaired) electrons. The van der Waals surface area contributed by atoms with Gasteiger partial charge in [0.15, 0.2) is 0 Å². The fraction of sp³-hybridized carbons (Fsp3) is 0.333. The first-order valence-corrected chi connectivity index (χ1v) is 9.00. The molecule has 2 heterocycles. The van der Waals surface area contributed by atoms with Crippen LogP contribution in [0.3, 0.4) is 0 Å². The minimum Gasteiger partial charge on any atom is -0.490 e. The molecule has 1 aliphatic heterocycles. The van der Waals surface area contributed by atoms with Crippen LogP contribution in [0.4, 0.5) is 0 Å². The number of carbonyl (C=O) groups excluding carboxylic acids is 2. The molecule has 2 aromatic rings. The highest BCUT2D eigenvalue weighted by atomic mass is 32.2. The van der Waals surface area contributed by atoms with Crippen molar-refractivity contribution in [1.82, 2.24) is 4.90 Å². The highest BCUT2D eigenvalue weighted by molar-refractivity contribution is 7.99. The predicted molar refractivity (Wildman–Crippen MR) is 93.1 cm³/mol. The largest absolute Gasteiger partial charge is 0.490 e. The molecule has 0 saturated carbocycles. The Morgan fingerprint density at radius 2 is 2.00 bits per heavy atom. The second-order valence-corrected chi connectivity index (χ2v) is 6.59. The van der Waals surface area contributed by atoms with Gasteiger partial charge in [0.1, 0.15) is 36.1 Å². The SMILES string of the molecule is CC(=O)N1[C@@H](c2ccco2)SC[C@H]1C(=O)OCCOc1ccccc1. The lowest BCUT2D eigenvalue weighted by Crippen LogP contribution is -2.43. The van der Waals surface area contributed by atoms with Crippen LogP contribution in [0.5, 0.6) is 5.75 Å². The van der Waals surface area contributed by atoms with E-state index in [1.807, 2.05) is 30.3 Å². The highest BCUT2D eigenvalue weighted by Crippen LogP contribution is 2.41. The Hall–Kier alpha value is -2.41. The van der Waals surface area contributed by atoms with E-state index >= 15 is 0 Å². The molecule has 3 rings (SSSR count). The first-order chi connectivity index (χ1) is 12.2. The zero-order valence-corrected chi connectivity index (χ0v) is 14.6. The van der Waals surface area contributed by atoms with E-state index in [0.29, 0.717) is 11.5 Å². The Morgan fingerprint density at radius 3 is 2.68 bits per heavy atom. The van der Waals surface area contributed by atoms with Crippen LogP contribution in [0.2, 0.25) is 0 Å². The third-order valence-corrected chi connectivity index (χ3v) is 5.05. The van der Waals surface area contributed by atoms with Crippen LogP contribution in [0.1, 0.15) is 18.1 Å². The van der Waals surface area contributed by atoms with E-state index in [0.717, 1.165) is 5.75 Å². The number of ether oxygens (including phenoxy) is 2. The molecule has 1 saturated heterocycles. The molecule has 1 aromatic heterocycles. The van der Waals surface area contributed by atoms with Crippen LogP contribution in [0.25, 0.3) is 0 Å².